The van der Waals surface area contributed by atoms with Crippen molar-refractivity contribution in [3.63, 3.8) is 0 Å². The molecule has 0 radical (unpaired) electrons. The molecule has 3 aromatic carbocycles. The standard InChI is InChI=1S/C28H21FN4/c1-2-17-14-26-24(15-22(17)19-10-12-30-13-11-19)28(33-32-26)27-16-23-21(4-3-5-25(23)31-27)18-6-8-20(29)9-7-18/h3-16,31H,2H2,1H3,(H,32,33). The van der Waals surface area contributed by atoms with E-state index >= 15 is 0 Å². The van der Waals surface area contributed by atoms with E-state index in [1.54, 1.807) is 0 Å². The molecule has 0 amide bonds. The molecule has 33 heavy (non-hydrogen) atoms. The normalized spacial score (nSPS) is 11.5. The van der Waals surface area contributed by atoms with Crippen LogP contribution in [0.15, 0.2) is 85.2 Å². The number of nitrogens with zero attached hydrogens (tertiary/aromatic N) is 2. The van der Waals surface area contributed by atoms with Crippen LogP contribution in [0.2, 0.25) is 0 Å². The van der Waals surface area contributed by atoms with E-state index in [1.165, 1.54) is 23.3 Å². The first-order valence-corrected chi connectivity index (χ1v) is 11.0. The van der Waals surface area contributed by atoms with Gasteiger partial charge in [-0.2, -0.15) is 5.10 Å². The van der Waals surface area contributed by atoms with Crippen molar-refractivity contribution in [3.05, 3.63) is 96.6 Å². The Labute approximate surface area is 190 Å². The first-order valence-electron chi connectivity index (χ1n) is 11.0. The lowest BCUT2D eigenvalue weighted by Gasteiger charge is -2.09. The van der Waals surface area contributed by atoms with Gasteiger partial charge < -0.3 is 4.98 Å². The van der Waals surface area contributed by atoms with Crippen molar-refractivity contribution in [2.24, 2.45) is 0 Å². The summed E-state index contributed by atoms with van der Waals surface area (Å²) in [5.41, 5.74) is 9.48. The fourth-order valence-electron chi connectivity index (χ4n) is 4.57. The molecule has 3 aromatic heterocycles. The molecule has 0 aliphatic carbocycles. The average Bonchev–Trinajstić information content (AvgIpc) is 3.47. The van der Waals surface area contributed by atoms with Crippen molar-refractivity contribution in [1.29, 1.82) is 0 Å². The third-order valence-corrected chi connectivity index (χ3v) is 6.23. The summed E-state index contributed by atoms with van der Waals surface area (Å²) in [6.45, 7) is 2.16. The van der Waals surface area contributed by atoms with Gasteiger partial charge in [0, 0.05) is 28.7 Å². The Morgan fingerprint density at radius 1 is 0.788 bits per heavy atom. The number of fused-ring (bicyclic) bond motifs is 2. The van der Waals surface area contributed by atoms with E-state index in [9.17, 15) is 4.39 Å². The zero-order chi connectivity index (χ0) is 22.4. The molecule has 0 aliphatic rings. The van der Waals surface area contributed by atoms with Crippen molar-refractivity contribution >= 4 is 21.8 Å². The summed E-state index contributed by atoms with van der Waals surface area (Å²) >= 11 is 0. The SMILES string of the molecule is CCc1cc2[nH]nc(-c3cc4c(-c5ccc(F)cc5)cccc4[nH]3)c2cc1-c1ccncc1. The molecule has 0 aliphatic heterocycles. The zero-order valence-electron chi connectivity index (χ0n) is 18.1. The molecule has 0 saturated heterocycles. The van der Waals surface area contributed by atoms with Crippen LogP contribution in [0.5, 0.6) is 0 Å². The molecular formula is C28H21FN4. The molecule has 0 unspecified atom stereocenters. The second-order valence-electron chi connectivity index (χ2n) is 8.17. The highest BCUT2D eigenvalue weighted by atomic mass is 19.1. The average molecular weight is 433 g/mol. The molecular weight excluding hydrogens is 411 g/mol. The summed E-state index contributed by atoms with van der Waals surface area (Å²) in [5, 5.41) is 10.0. The second-order valence-corrected chi connectivity index (χ2v) is 8.17. The van der Waals surface area contributed by atoms with E-state index in [0.29, 0.717) is 0 Å². The number of halogens is 1. The van der Waals surface area contributed by atoms with Crippen LogP contribution in [0.1, 0.15) is 12.5 Å². The molecule has 0 atom stereocenters. The Bertz CT molecular complexity index is 1590. The summed E-state index contributed by atoms with van der Waals surface area (Å²) in [6.07, 6.45) is 4.57. The first-order chi connectivity index (χ1) is 16.2. The molecule has 0 spiro atoms. The number of benzene rings is 3. The maximum Gasteiger partial charge on any atom is 0.123 e. The van der Waals surface area contributed by atoms with Crippen LogP contribution in [0, 0.1) is 5.82 Å². The van der Waals surface area contributed by atoms with Crippen LogP contribution >= 0.6 is 0 Å². The molecule has 4 nitrogen and oxygen atoms in total. The van der Waals surface area contributed by atoms with E-state index in [0.717, 1.165) is 56.3 Å². The number of aromatic amines is 2. The van der Waals surface area contributed by atoms with Crippen LogP contribution in [0.3, 0.4) is 0 Å². The van der Waals surface area contributed by atoms with E-state index < -0.39 is 0 Å². The van der Waals surface area contributed by atoms with Crippen LogP contribution in [-0.2, 0) is 6.42 Å². The van der Waals surface area contributed by atoms with Gasteiger partial charge in [-0.1, -0.05) is 31.2 Å². The van der Waals surface area contributed by atoms with Gasteiger partial charge in [0.05, 0.1) is 11.2 Å². The summed E-state index contributed by atoms with van der Waals surface area (Å²) in [5.74, 6) is -0.236. The van der Waals surface area contributed by atoms with Crippen LogP contribution < -0.4 is 0 Å². The molecule has 2 N–H and O–H groups in total. The Balaban J connectivity index is 1.53. The molecule has 6 aromatic rings. The largest absolute Gasteiger partial charge is 0.353 e. The smallest absolute Gasteiger partial charge is 0.123 e. The lowest BCUT2D eigenvalue weighted by Crippen LogP contribution is -1.89. The number of hydrogen-bond donors (Lipinski definition) is 2. The highest BCUT2D eigenvalue weighted by Crippen LogP contribution is 2.36. The van der Waals surface area contributed by atoms with E-state index in [4.69, 9.17) is 0 Å². The number of nitrogens with one attached hydrogen (secondary N) is 2. The van der Waals surface area contributed by atoms with Gasteiger partial charge in [-0.15, -0.1) is 0 Å². The van der Waals surface area contributed by atoms with Crippen LogP contribution in [0.4, 0.5) is 4.39 Å². The summed E-state index contributed by atoms with van der Waals surface area (Å²) in [4.78, 5) is 7.69. The Morgan fingerprint density at radius 2 is 1.58 bits per heavy atom. The second kappa shape index (κ2) is 7.71. The van der Waals surface area contributed by atoms with Crippen LogP contribution in [-0.4, -0.2) is 20.2 Å². The predicted molar refractivity (Wildman–Crippen MR) is 131 cm³/mol. The zero-order valence-corrected chi connectivity index (χ0v) is 18.1. The molecule has 6 rings (SSSR count). The third-order valence-electron chi connectivity index (χ3n) is 6.23. The van der Waals surface area contributed by atoms with E-state index in [-0.39, 0.29) is 5.82 Å². The fourth-order valence-corrected chi connectivity index (χ4v) is 4.57. The van der Waals surface area contributed by atoms with E-state index in [2.05, 4.69) is 57.4 Å². The number of pyridine rings is 1. The van der Waals surface area contributed by atoms with Crippen molar-refractivity contribution in [2.45, 2.75) is 13.3 Å². The fraction of sp³-hybridized carbons (Fsp3) is 0.0714. The van der Waals surface area contributed by atoms with Crippen LogP contribution in [0.25, 0.3) is 55.4 Å². The monoisotopic (exact) mass is 432 g/mol. The maximum absolute atomic E-state index is 13.4. The van der Waals surface area contributed by atoms with Crippen molar-refractivity contribution < 1.29 is 4.39 Å². The number of rotatable bonds is 4. The molecule has 5 heteroatoms. The van der Waals surface area contributed by atoms with Gasteiger partial charge in [0.1, 0.15) is 11.5 Å². The summed E-state index contributed by atoms with van der Waals surface area (Å²) in [7, 11) is 0. The van der Waals surface area contributed by atoms with Crippen molar-refractivity contribution in [3.8, 4) is 33.6 Å². The molecule has 3 heterocycles. The lowest BCUT2D eigenvalue weighted by atomic mass is 9.96. The molecule has 0 fully saturated rings. The topological polar surface area (TPSA) is 57.4 Å². The Kier molecular flexibility index (Phi) is 4.54. The summed E-state index contributed by atoms with van der Waals surface area (Å²) < 4.78 is 13.4. The van der Waals surface area contributed by atoms with Gasteiger partial charge in [0.15, 0.2) is 0 Å². The molecule has 0 saturated carbocycles. The highest BCUT2D eigenvalue weighted by molar-refractivity contribution is 6.02. The van der Waals surface area contributed by atoms with Gasteiger partial charge in [-0.25, -0.2) is 4.39 Å². The molecule has 0 bridgehead atoms. The number of hydrogen-bond acceptors (Lipinski definition) is 2. The highest BCUT2D eigenvalue weighted by Gasteiger charge is 2.16. The van der Waals surface area contributed by atoms with Gasteiger partial charge in [-0.3, -0.25) is 10.1 Å². The van der Waals surface area contributed by atoms with Crippen molar-refractivity contribution in [2.75, 3.05) is 0 Å². The van der Waals surface area contributed by atoms with E-state index in [1.807, 2.05) is 42.7 Å². The summed E-state index contributed by atoms with van der Waals surface area (Å²) in [6, 6.07) is 23.4. The number of aryl methyl sites for hydroxylation is 1. The van der Waals surface area contributed by atoms with Gasteiger partial charge in [0.25, 0.3) is 0 Å². The minimum Gasteiger partial charge on any atom is -0.353 e. The lowest BCUT2D eigenvalue weighted by molar-refractivity contribution is 0.628. The Morgan fingerprint density at radius 3 is 2.36 bits per heavy atom. The third kappa shape index (κ3) is 3.29. The quantitative estimate of drug-likeness (QED) is 0.311. The van der Waals surface area contributed by atoms with Gasteiger partial charge >= 0.3 is 0 Å². The number of aromatic nitrogens is 4. The number of H-pyrrole nitrogens is 2. The minimum atomic E-state index is -0.236. The van der Waals surface area contributed by atoms with Crippen molar-refractivity contribution in [1.82, 2.24) is 20.2 Å². The minimum absolute atomic E-state index is 0.236. The Hall–Kier alpha value is -4.25. The maximum atomic E-state index is 13.4. The van der Waals surface area contributed by atoms with Gasteiger partial charge in [0.2, 0.25) is 0 Å². The molecule has 160 valence electrons. The predicted octanol–water partition coefficient (Wildman–Crippen LogP) is 7.14. The first kappa shape index (κ1) is 19.4. The van der Waals surface area contributed by atoms with Gasteiger partial charge in [-0.05, 0) is 82.8 Å².